The molecular weight excluding hydrogens is 366 g/mol. The molecule has 0 bridgehead atoms. The zero-order valence-electron chi connectivity index (χ0n) is 14.6. The number of H-pyrrole nitrogens is 1. The van der Waals surface area contributed by atoms with Gasteiger partial charge in [-0.1, -0.05) is 30.3 Å². The molecule has 0 saturated heterocycles. The quantitative estimate of drug-likeness (QED) is 0.340. The highest BCUT2D eigenvalue weighted by Gasteiger charge is 2.19. The molecule has 142 valence electrons. The van der Waals surface area contributed by atoms with E-state index in [2.05, 4.69) is 20.7 Å². The maximum atomic E-state index is 12.2. The summed E-state index contributed by atoms with van der Waals surface area (Å²) in [5.74, 6) is -1.20. The lowest BCUT2D eigenvalue weighted by molar-refractivity contribution is -0.386. The minimum absolute atomic E-state index is 0.0805. The zero-order valence-corrected chi connectivity index (χ0v) is 14.6. The van der Waals surface area contributed by atoms with Gasteiger partial charge in [-0.25, -0.2) is 5.43 Å². The monoisotopic (exact) mass is 381 g/mol. The van der Waals surface area contributed by atoms with E-state index in [1.54, 1.807) is 6.07 Å². The molecule has 3 aromatic rings. The molecule has 0 spiro atoms. The summed E-state index contributed by atoms with van der Waals surface area (Å²) in [6, 6.07) is 13.4. The van der Waals surface area contributed by atoms with Crippen LogP contribution in [-0.2, 0) is 0 Å². The summed E-state index contributed by atoms with van der Waals surface area (Å²) in [6.07, 6.45) is 1.20. The van der Waals surface area contributed by atoms with E-state index < -0.39 is 22.3 Å². The van der Waals surface area contributed by atoms with Gasteiger partial charge in [0.2, 0.25) is 5.75 Å². The maximum absolute atomic E-state index is 12.2. The lowest BCUT2D eigenvalue weighted by Crippen LogP contribution is -2.18. The van der Waals surface area contributed by atoms with Gasteiger partial charge in [-0.15, -0.1) is 0 Å². The third kappa shape index (κ3) is 3.96. The van der Waals surface area contributed by atoms with Crippen LogP contribution in [0.25, 0.3) is 11.3 Å². The Bertz CT molecular complexity index is 1050. The van der Waals surface area contributed by atoms with Crippen LogP contribution in [0.1, 0.15) is 16.1 Å². The van der Waals surface area contributed by atoms with Crippen LogP contribution < -0.4 is 10.2 Å². The van der Waals surface area contributed by atoms with Gasteiger partial charge in [0.05, 0.1) is 23.9 Å². The van der Waals surface area contributed by atoms with Crippen LogP contribution in [0.3, 0.4) is 0 Å². The van der Waals surface area contributed by atoms with E-state index in [0.29, 0.717) is 5.69 Å². The summed E-state index contributed by atoms with van der Waals surface area (Å²) in [4.78, 5) is 22.4. The van der Waals surface area contributed by atoms with Crippen molar-refractivity contribution in [1.82, 2.24) is 15.6 Å². The van der Waals surface area contributed by atoms with E-state index >= 15 is 0 Å². The van der Waals surface area contributed by atoms with Gasteiger partial charge in [0.15, 0.2) is 5.75 Å². The number of nitro groups is 1. The second-order valence-electron chi connectivity index (χ2n) is 5.58. The number of hydrogen-bond donors (Lipinski definition) is 3. The summed E-state index contributed by atoms with van der Waals surface area (Å²) in [6.45, 7) is 0. The SMILES string of the molecule is COc1cc(C=NNC(=O)c2cc(-c3ccccc3)n[nH]2)cc([N+](=O)[O-])c1O. The average Bonchev–Trinajstić information content (AvgIpc) is 3.19. The number of hydrazone groups is 1. The number of carbonyl (C=O) groups excluding carboxylic acids is 1. The second kappa shape index (κ2) is 7.99. The molecule has 0 aliphatic heterocycles. The third-order valence-corrected chi connectivity index (χ3v) is 3.77. The zero-order chi connectivity index (χ0) is 20.1. The highest BCUT2D eigenvalue weighted by Crippen LogP contribution is 2.36. The molecule has 3 N–H and O–H groups in total. The topological polar surface area (TPSA) is 143 Å². The van der Waals surface area contributed by atoms with Gasteiger partial charge < -0.3 is 9.84 Å². The molecule has 3 rings (SSSR count). The molecule has 0 aliphatic rings. The Morgan fingerprint density at radius 2 is 2.07 bits per heavy atom. The molecular formula is C18H15N5O5. The van der Waals surface area contributed by atoms with Gasteiger partial charge in [0.1, 0.15) is 5.69 Å². The minimum Gasteiger partial charge on any atom is -0.500 e. The number of nitrogens with zero attached hydrogens (tertiary/aromatic N) is 3. The number of aromatic hydroxyl groups is 1. The fraction of sp³-hybridized carbons (Fsp3) is 0.0556. The van der Waals surface area contributed by atoms with Crippen molar-refractivity contribution >= 4 is 17.8 Å². The van der Waals surface area contributed by atoms with Crippen molar-refractivity contribution in [1.29, 1.82) is 0 Å². The smallest absolute Gasteiger partial charge is 0.315 e. The van der Waals surface area contributed by atoms with Crippen molar-refractivity contribution < 1.29 is 19.6 Å². The Hall–Kier alpha value is -4.21. The summed E-state index contributed by atoms with van der Waals surface area (Å²) in [5, 5.41) is 31.2. The standard InChI is InChI=1S/C18H15N5O5/c1-28-16-8-11(7-15(17(16)24)23(26)27)10-19-22-18(25)14-9-13(20-21-14)12-5-3-2-4-6-12/h2-10,24H,1H3,(H,20,21)(H,22,25). The summed E-state index contributed by atoms with van der Waals surface area (Å²) < 4.78 is 4.90. The Kier molecular flexibility index (Phi) is 5.30. The van der Waals surface area contributed by atoms with Gasteiger partial charge >= 0.3 is 5.69 Å². The van der Waals surface area contributed by atoms with Crippen LogP contribution in [-0.4, -0.2) is 39.5 Å². The summed E-state index contributed by atoms with van der Waals surface area (Å²) in [7, 11) is 1.27. The van der Waals surface area contributed by atoms with Crippen molar-refractivity contribution in [3.8, 4) is 22.8 Å². The van der Waals surface area contributed by atoms with Gasteiger partial charge in [0.25, 0.3) is 5.91 Å². The molecule has 0 aliphatic carbocycles. The Morgan fingerprint density at radius 1 is 1.32 bits per heavy atom. The number of amides is 1. The van der Waals surface area contributed by atoms with Crippen LogP contribution in [0.2, 0.25) is 0 Å². The van der Waals surface area contributed by atoms with Crippen LogP contribution in [0, 0.1) is 10.1 Å². The molecule has 0 radical (unpaired) electrons. The van der Waals surface area contributed by atoms with E-state index in [4.69, 9.17) is 4.74 Å². The molecule has 1 aromatic heterocycles. The van der Waals surface area contributed by atoms with Crippen molar-refractivity contribution in [2.75, 3.05) is 7.11 Å². The number of aromatic amines is 1. The molecule has 28 heavy (non-hydrogen) atoms. The molecule has 1 heterocycles. The van der Waals surface area contributed by atoms with E-state index in [0.717, 1.165) is 11.6 Å². The first kappa shape index (κ1) is 18.6. The number of rotatable bonds is 6. The predicted molar refractivity (Wildman–Crippen MR) is 100 cm³/mol. The van der Waals surface area contributed by atoms with Crippen LogP contribution >= 0.6 is 0 Å². The van der Waals surface area contributed by atoms with E-state index in [-0.39, 0.29) is 17.0 Å². The van der Waals surface area contributed by atoms with Crippen molar-refractivity contribution in [3.63, 3.8) is 0 Å². The Balaban J connectivity index is 1.73. The molecule has 1 amide bonds. The first-order chi connectivity index (χ1) is 13.5. The number of carbonyl (C=O) groups is 1. The van der Waals surface area contributed by atoms with Crippen molar-refractivity contribution in [3.05, 3.63) is 69.9 Å². The third-order valence-electron chi connectivity index (χ3n) is 3.77. The number of phenols is 1. The Morgan fingerprint density at radius 3 is 2.75 bits per heavy atom. The number of ether oxygens (including phenoxy) is 1. The van der Waals surface area contributed by atoms with Gasteiger partial charge in [-0.3, -0.25) is 20.0 Å². The number of phenolic OH excluding ortho intramolecular Hbond substituents is 1. The van der Waals surface area contributed by atoms with Crippen molar-refractivity contribution in [2.45, 2.75) is 0 Å². The predicted octanol–water partition coefficient (Wildman–Crippen LogP) is 2.46. The van der Waals surface area contributed by atoms with Gasteiger partial charge in [0, 0.05) is 17.2 Å². The maximum Gasteiger partial charge on any atom is 0.315 e. The number of nitro benzene ring substituents is 1. The lowest BCUT2D eigenvalue weighted by Gasteiger charge is -2.05. The van der Waals surface area contributed by atoms with E-state index in [9.17, 15) is 20.0 Å². The second-order valence-corrected chi connectivity index (χ2v) is 5.58. The number of nitrogens with one attached hydrogen (secondary N) is 2. The first-order valence-electron chi connectivity index (χ1n) is 7.99. The molecule has 0 atom stereocenters. The van der Waals surface area contributed by atoms with Crippen LogP contribution in [0.5, 0.6) is 11.5 Å². The number of benzene rings is 2. The largest absolute Gasteiger partial charge is 0.500 e. The van der Waals surface area contributed by atoms with Gasteiger partial charge in [-0.2, -0.15) is 10.2 Å². The molecule has 0 unspecified atom stereocenters. The fourth-order valence-electron chi connectivity index (χ4n) is 2.40. The lowest BCUT2D eigenvalue weighted by atomic mass is 10.1. The fourth-order valence-corrected chi connectivity index (χ4v) is 2.40. The number of methoxy groups -OCH3 is 1. The molecule has 2 aromatic carbocycles. The Labute approximate surface area is 158 Å². The highest BCUT2D eigenvalue weighted by atomic mass is 16.6. The highest BCUT2D eigenvalue weighted by molar-refractivity contribution is 5.94. The normalized spacial score (nSPS) is 10.8. The van der Waals surface area contributed by atoms with Crippen LogP contribution in [0.4, 0.5) is 5.69 Å². The van der Waals surface area contributed by atoms with E-state index in [1.807, 2.05) is 30.3 Å². The molecule has 10 heteroatoms. The average molecular weight is 381 g/mol. The summed E-state index contributed by atoms with van der Waals surface area (Å²) in [5.41, 5.74) is 3.68. The summed E-state index contributed by atoms with van der Waals surface area (Å²) >= 11 is 0. The molecule has 0 fully saturated rings. The first-order valence-corrected chi connectivity index (χ1v) is 7.99. The number of aromatic nitrogens is 2. The van der Waals surface area contributed by atoms with Gasteiger partial charge in [-0.05, 0) is 12.1 Å². The van der Waals surface area contributed by atoms with Crippen molar-refractivity contribution in [2.24, 2.45) is 5.10 Å². The molecule has 0 saturated carbocycles. The number of hydrogen-bond acceptors (Lipinski definition) is 7. The molecule has 10 nitrogen and oxygen atoms in total. The minimum atomic E-state index is -0.747. The van der Waals surface area contributed by atoms with Crippen LogP contribution in [0.15, 0.2) is 53.6 Å². The van der Waals surface area contributed by atoms with E-state index in [1.165, 1.54) is 19.4 Å².